The van der Waals surface area contributed by atoms with Crippen LogP contribution in [0.25, 0.3) is 6.08 Å². The maximum atomic E-state index is 12.2. The van der Waals surface area contributed by atoms with Gasteiger partial charge in [-0.25, -0.2) is 0 Å². The second-order valence-electron chi connectivity index (χ2n) is 15.2. The van der Waals surface area contributed by atoms with Gasteiger partial charge in [0.1, 0.15) is 11.5 Å². The van der Waals surface area contributed by atoms with E-state index in [1.54, 1.807) is 12.1 Å². The zero-order valence-corrected chi connectivity index (χ0v) is 29.7. The number of rotatable bonds is 10. The van der Waals surface area contributed by atoms with Crippen LogP contribution in [0, 0.1) is 5.41 Å². The lowest BCUT2D eigenvalue weighted by molar-refractivity contribution is -0.143. The normalized spacial score (nSPS) is 15.1. The van der Waals surface area contributed by atoms with E-state index in [0.717, 1.165) is 16.9 Å². The van der Waals surface area contributed by atoms with E-state index in [4.69, 9.17) is 13.6 Å². The van der Waals surface area contributed by atoms with E-state index >= 15 is 0 Å². The highest BCUT2D eigenvalue weighted by Gasteiger charge is 2.39. The van der Waals surface area contributed by atoms with Crippen LogP contribution in [0.1, 0.15) is 79.4 Å². The molecule has 1 N–H and O–H groups in total. The number of carbonyl (C=O) groups is 1. The molecule has 0 amide bonds. The molecule has 2 atom stereocenters. The summed E-state index contributed by atoms with van der Waals surface area (Å²) in [5, 5.41) is 11.6. The summed E-state index contributed by atoms with van der Waals surface area (Å²) in [6, 6.07) is 15.5. The van der Waals surface area contributed by atoms with Crippen LogP contribution in [-0.2, 0) is 9.22 Å². The van der Waals surface area contributed by atoms with E-state index in [-0.39, 0.29) is 28.6 Å². The van der Waals surface area contributed by atoms with E-state index in [1.807, 2.05) is 69.3 Å². The number of esters is 1. The maximum Gasteiger partial charge on any atom is 0.316 e. The summed E-state index contributed by atoms with van der Waals surface area (Å²) in [4.78, 5) is 12.2. The fourth-order valence-electron chi connectivity index (χ4n) is 3.40. The number of carbonyl (C=O) groups excluding carboxylic acids is 1. The van der Waals surface area contributed by atoms with Crippen molar-refractivity contribution in [2.45, 2.75) is 111 Å². The summed E-state index contributed by atoms with van der Waals surface area (Å²) in [5.74, 6) is 0.820. The highest BCUT2D eigenvalue weighted by molar-refractivity contribution is 6.75. The van der Waals surface area contributed by atoms with Crippen LogP contribution in [0.3, 0.4) is 0 Å². The van der Waals surface area contributed by atoms with Gasteiger partial charge in [0, 0.05) is 5.92 Å². The number of aliphatic hydroxyl groups excluding tert-OH is 1. The molecule has 5 nitrogen and oxygen atoms in total. The zero-order valence-electron chi connectivity index (χ0n) is 27.7. The maximum absolute atomic E-state index is 12.2. The summed E-state index contributed by atoms with van der Waals surface area (Å²) < 4.78 is 18.4. The van der Waals surface area contributed by atoms with Crippen molar-refractivity contribution in [3.63, 3.8) is 0 Å². The fraction of sp³-hybridized carbons (Fsp3) is 0.559. The van der Waals surface area contributed by atoms with Gasteiger partial charge in [0.05, 0.1) is 18.1 Å². The smallest absolute Gasteiger partial charge is 0.316 e. The Kier molecular flexibility index (Phi) is 11.1. The van der Waals surface area contributed by atoms with E-state index in [1.165, 1.54) is 0 Å². The molecule has 0 radical (unpaired) electrons. The van der Waals surface area contributed by atoms with Crippen molar-refractivity contribution in [1.82, 2.24) is 0 Å². The van der Waals surface area contributed by atoms with Gasteiger partial charge in [-0.2, -0.15) is 0 Å². The van der Waals surface area contributed by atoms with Crippen LogP contribution in [-0.4, -0.2) is 40.4 Å². The highest BCUT2D eigenvalue weighted by Crippen LogP contribution is 2.39. The van der Waals surface area contributed by atoms with Crippen molar-refractivity contribution in [2.75, 3.05) is 6.61 Å². The molecule has 0 saturated heterocycles. The van der Waals surface area contributed by atoms with Gasteiger partial charge in [0.2, 0.25) is 8.32 Å². The average Bonchev–Trinajstić information content (AvgIpc) is 2.82. The summed E-state index contributed by atoms with van der Waals surface area (Å²) in [5.41, 5.74) is 1.37. The molecule has 2 aromatic rings. The third-order valence-electron chi connectivity index (χ3n) is 8.48. The zero-order chi connectivity index (χ0) is 31.4. The van der Waals surface area contributed by atoms with Crippen molar-refractivity contribution in [3.05, 3.63) is 65.7 Å². The number of benzene rings is 2. The Balaban J connectivity index is 2.31. The highest BCUT2D eigenvalue weighted by atomic mass is 28.4. The van der Waals surface area contributed by atoms with Crippen LogP contribution in [0.15, 0.2) is 54.6 Å². The van der Waals surface area contributed by atoms with Gasteiger partial charge in [-0.1, -0.05) is 78.0 Å². The van der Waals surface area contributed by atoms with Crippen molar-refractivity contribution >= 4 is 28.7 Å². The molecule has 0 aliphatic carbocycles. The molecule has 0 aliphatic heterocycles. The Bertz CT molecular complexity index is 1160. The van der Waals surface area contributed by atoms with Crippen molar-refractivity contribution in [3.8, 4) is 11.5 Å². The Morgan fingerprint density at radius 3 is 1.73 bits per heavy atom. The minimum Gasteiger partial charge on any atom is -0.544 e. The predicted octanol–water partition coefficient (Wildman–Crippen LogP) is 9.20. The second-order valence-corrected chi connectivity index (χ2v) is 24.7. The largest absolute Gasteiger partial charge is 0.544 e. The number of hydrogen-bond acceptors (Lipinski definition) is 5. The molecular weight excluding hydrogens is 545 g/mol. The Hall–Kier alpha value is -2.20. The molecule has 7 heteroatoms. The van der Waals surface area contributed by atoms with Crippen molar-refractivity contribution < 1.29 is 23.5 Å². The Morgan fingerprint density at radius 1 is 0.780 bits per heavy atom. The molecule has 0 aromatic heterocycles. The van der Waals surface area contributed by atoms with Gasteiger partial charge in [0.15, 0.2) is 8.32 Å². The summed E-state index contributed by atoms with van der Waals surface area (Å²) >= 11 is 0. The lowest BCUT2D eigenvalue weighted by Gasteiger charge is -2.37. The first-order valence-corrected chi connectivity index (χ1v) is 20.5. The monoisotopic (exact) mass is 598 g/mol. The number of aliphatic hydroxyl groups is 1. The predicted molar refractivity (Wildman–Crippen MR) is 177 cm³/mol. The van der Waals surface area contributed by atoms with Crippen LogP contribution in [0.5, 0.6) is 11.5 Å². The topological polar surface area (TPSA) is 65.0 Å². The quantitative estimate of drug-likeness (QED) is 0.168. The van der Waals surface area contributed by atoms with Gasteiger partial charge < -0.3 is 18.7 Å². The SMILES string of the molecule is CC(C)(C)C(=O)Oc1ccc(/C=C\C(c2ccc(O[Si](C)(C)C(C)(C)C)cc2)C(O)CO[Si](C)(C)C(C)(C)C)cc1. The van der Waals surface area contributed by atoms with Crippen molar-refractivity contribution in [2.24, 2.45) is 5.41 Å². The average molecular weight is 599 g/mol. The molecule has 0 saturated carbocycles. The fourth-order valence-corrected chi connectivity index (χ4v) is 5.46. The minimum absolute atomic E-state index is 0.0545. The Labute approximate surface area is 251 Å². The molecule has 0 heterocycles. The lowest BCUT2D eigenvalue weighted by atomic mass is 9.92. The lowest BCUT2D eigenvalue weighted by Crippen LogP contribution is -2.43. The van der Waals surface area contributed by atoms with Crippen molar-refractivity contribution in [1.29, 1.82) is 0 Å². The summed E-state index contributed by atoms with van der Waals surface area (Å²) in [6.45, 7) is 27.9. The molecule has 0 spiro atoms. The van der Waals surface area contributed by atoms with E-state index < -0.39 is 28.2 Å². The molecule has 2 aromatic carbocycles. The van der Waals surface area contributed by atoms with Gasteiger partial charge in [-0.05, 0) is 92.4 Å². The third kappa shape index (κ3) is 9.95. The number of hydrogen-bond donors (Lipinski definition) is 1. The molecule has 2 rings (SSSR count). The van der Waals surface area contributed by atoms with Crippen LogP contribution < -0.4 is 9.16 Å². The van der Waals surface area contributed by atoms with E-state index in [0.29, 0.717) is 5.75 Å². The van der Waals surface area contributed by atoms with Crippen LogP contribution >= 0.6 is 0 Å². The molecular formula is C34H54O5Si2. The molecule has 0 aliphatic rings. The summed E-state index contributed by atoms with van der Waals surface area (Å²) in [7, 11) is -3.99. The summed E-state index contributed by atoms with van der Waals surface area (Å²) in [6.07, 6.45) is 3.30. The first-order valence-electron chi connectivity index (χ1n) is 14.6. The van der Waals surface area contributed by atoms with E-state index in [2.05, 4.69) is 67.7 Å². The molecule has 0 bridgehead atoms. The van der Waals surface area contributed by atoms with Gasteiger partial charge in [-0.15, -0.1) is 0 Å². The van der Waals surface area contributed by atoms with Gasteiger partial charge in [0.25, 0.3) is 0 Å². The minimum atomic E-state index is -2.03. The molecule has 0 fully saturated rings. The first kappa shape index (κ1) is 35.0. The molecule has 228 valence electrons. The first-order chi connectivity index (χ1) is 18.5. The van der Waals surface area contributed by atoms with Crippen LogP contribution in [0.4, 0.5) is 0 Å². The van der Waals surface area contributed by atoms with Crippen LogP contribution in [0.2, 0.25) is 36.3 Å². The van der Waals surface area contributed by atoms with Gasteiger partial charge in [-0.3, -0.25) is 4.79 Å². The second kappa shape index (κ2) is 13.0. The number of ether oxygens (including phenoxy) is 1. The molecule has 41 heavy (non-hydrogen) atoms. The van der Waals surface area contributed by atoms with Gasteiger partial charge >= 0.3 is 5.97 Å². The standard InChI is InChI=1S/C34H54O5Si2/c1-32(2,3)31(36)38-27-19-14-25(15-20-27)16-23-29(30(35)24-37-40(10,11)33(4,5)6)26-17-21-28(22-18-26)39-41(12,13)34(7,8)9/h14-23,29-30,35H,24H2,1-13H3/b23-16-. The van der Waals surface area contributed by atoms with E-state index in [9.17, 15) is 9.90 Å². The Morgan fingerprint density at radius 2 is 1.27 bits per heavy atom. The third-order valence-corrected chi connectivity index (χ3v) is 17.3. The molecule has 2 unspecified atom stereocenters.